The van der Waals surface area contributed by atoms with E-state index in [0.29, 0.717) is 70.5 Å². The van der Waals surface area contributed by atoms with Gasteiger partial charge >= 0.3 is 0 Å². The van der Waals surface area contributed by atoms with Gasteiger partial charge in [0.25, 0.3) is 11.5 Å². The molecule has 0 bridgehead atoms. The summed E-state index contributed by atoms with van der Waals surface area (Å²) in [4.78, 5) is 33.4. The van der Waals surface area contributed by atoms with E-state index in [-0.39, 0.29) is 18.1 Å². The van der Waals surface area contributed by atoms with Crippen molar-refractivity contribution in [1.29, 1.82) is 0 Å². The van der Waals surface area contributed by atoms with Crippen molar-refractivity contribution in [3.8, 4) is 23.0 Å². The molecule has 6 rings (SSSR count). The van der Waals surface area contributed by atoms with Crippen molar-refractivity contribution in [3.05, 3.63) is 143 Å². The SMILES string of the molecule is COc1ccc([C@@H]2C(C(=O)Nc3ccccc3)=C(C)N=c3s/c(=C\c4ccc(OCc5ccc(Cl)c(Cl)c5)c(OC)c4)c(=O)n32)c(OC)c1. The number of para-hydroxylation sites is 1. The van der Waals surface area contributed by atoms with Gasteiger partial charge in [0.1, 0.15) is 24.1 Å². The zero-order valence-corrected chi connectivity index (χ0v) is 29.3. The fourth-order valence-corrected chi connectivity index (χ4v) is 6.87. The molecule has 2 heterocycles. The maximum absolute atomic E-state index is 14.3. The van der Waals surface area contributed by atoms with Gasteiger partial charge in [-0.3, -0.25) is 14.2 Å². The van der Waals surface area contributed by atoms with Crippen molar-refractivity contribution in [1.82, 2.24) is 4.57 Å². The summed E-state index contributed by atoms with van der Waals surface area (Å²) < 4.78 is 24.8. The largest absolute Gasteiger partial charge is 0.497 e. The Hall–Kier alpha value is -5.03. The van der Waals surface area contributed by atoms with E-state index in [1.54, 1.807) is 86.4 Å². The minimum absolute atomic E-state index is 0.250. The highest BCUT2D eigenvalue weighted by Crippen LogP contribution is 2.38. The van der Waals surface area contributed by atoms with Crippen molar-refractivity contribution in [3.63, 3.8) is 0 Å². The Morgan fingerprint density at radius 1 is 0.898 bits per heavy atom. The first-order valence-electron chi connectivity index (χ1n) is 15.1. The van der Waals surface area contributed by atoms with E-state index in [1.807, 2.05) is 30.3 Å². The summed E-state index contributed by atoms with van der Waals surface area (Å²) in [5.74, 6) is 1.65. The lowest BCUT2D eigenvalue weighted by molar-refractivity contribution is -0.113. The number of fused-ring (bicyclic) bond motifs is 1. The number of carbonyl (C=O) groups is 1. The fraction of sp³-hybridized carbons (Fsp3) is 0.162. The summed E-state index contributed by atoms with van der Waals surface area (Å²) >= 11 is 13.4. The van der Waals surface area contributed by atoms with Crippen molar-refractivity contribution in [2.75, 3.05) is 26.6 Å². The molecule has 1 aliphatic heterocycles. The molecule has 250 valence electrons. The highest BCUT2D eigenvalue weighted by molar-refractivity contribution is 7.07. The van der Waals surface area contributed by atoms with Crippen LogP contribution in [0.5, 0.6) is 23.0 Å². The van der Waals surface area contributed by atoms with Gasteiger partial charge in [0.2, 0.25) is 0 Å². The van der Waals surface area contributed by atoms with E-state index in [0.717, 1.165) is 5.56 Å². The monoisotopic (exact) mass is 715 g/mol. The van der Waals surface area contributed by atoms with Gasteiger partial charge in [0.05, 0.1) is 47.2 Å². The van der Waals surface area contributed by atoms with Gasteiger partial charge in [-0.2, -0.15) is 0 Å². The molecule has 0 fully saturated rings. The Balaban J connectivity index is 1.41. The molecule has 0 radical (unpaired) electrons. The zero-order chi connectivity index (χ0) is 34.7. The smallest absolute Gasteiger partial charge is 0.271 e. The van der Waals surface area contributed by atoms with Crippen LogP contribution in [-0.2, 0) is 11.4 Å². The molecule has 0 spiro atoms. The highest BCUT2D eigenvalue weighted by Gasteiger charge is 2.34. The molecule has 0 aliphatic carbocycles. The number of hydrogen-bond acceptors (Lipinski definition) is 8. The third-order valence-corrected chi connectivity index (χ3v) is 9.62. The second-order valence-corrected chi connectivity index (χ2v) is 12.8. The van der Waals surface area contributed by atoms with Crippen LogP contribution in [0.15, 0.2) is 106 Å². The lowest BCUT2D eigenvalue weighted by Crippen LogP contribution is -2.40. The molecule has 49 heavy (non-hydrogen) atoms. The molecule has 1 N–H and O–H groups in total. The first kappa shape index (κ1) is 33.9. The Morgan fingerprint density at radius 3 is 2.39 bits per heavy atom. The molecule has 9 nitrogen and oxygen atoms in total. The normalized spacial score (nSPS) is 14.2. The molecule has 1 aromatic heterocycles. The number of carbonyl (C=O) groups excluding carboxylic acids is 1. The van der Waals surface area contributed by atoms with Crippen molar-refractivity contribution in [2.24, 2.45) is 4.99 Å². The molecular formula is C37H31Cl2N3O6S. The minimum atomic E-state index is -0.838. The average Bonchev–Trinajstić information content (AvgIpc) is 3.41. The molecule has 1 atom stereocenters. The number of allylic oxidation sites excluding steroid dienone is 1. The number of ether oxygens (including phenoxy) is 4. The summed E-state index contributed by atoms with van der Waals surface area (Å²) in [6.45, 7) is 2.01. The summed E-state index contributed by atoms with van der Waals surface area (Å²) in [7, 11) is 4.64. The van der Waals surface area contributed by atoms with Gasteiger partial charge in [-0.25, -0.2) is 4.99 Å². The number of hydrogen-bond donors (Lipinski definition) is 1. The number of methoxy groups -OCH3 is 3. The highest BCUT2D eigenvalue weighted by atomic mass is 35.5. The number of rotatable bonds is 10. The standard InChI is InChI=1S/C37H31Cl2N3O6S/c1-21-33(35(43)41-24-8-6-5-7-9-24)34(26-13-12-25(45-2)19-30(26)46-3)42-36(44)32(49-37(42)40-21)18-22-11-15-29(31(17-22)47-4)48-20-23-10-14-27(38)28(39)16-23/h5-19,34H,20H2,1-4H3,(H,41,43)/b32-18-/t34-/m1/s1. The van der Waals surface area contributed by atoms with E-state index in [4.69, 9.17) is 47.1 Å². The van der Waals surface area contributed by atoms with Crippen LogP contribution in [0.25, 0.3) is 6.08 Å². The van der Waals surface area contributed by atoms with E-state index >= 15 is 0 Å². The van der Waals surface area contributed by atoms with Crippen LogP contribution in [0.2, 0.25) is 10.0 Å². The van der Waals surface area contributed by atoms with Gasteiger partial charge in [-0.1, -0.05) is 64.9 Å². The van der Waals surface area contributed by atoms with Crippen LogP contribution < -0.4 is 39.2 Å². The van der Waals surface area contributed by atoms with Gasteiger partial charge in [-0.05, 0) is 72.7 Å². The van der Waals surface area contributed by atoms with Gasteiger partial charge in [0.15, 0.2) is 16.3 Å². The fourth-order valence-electron chi connectivity index (χ4n) is 5.51. The molecule has 4 aromatic carbocycles. The van der Waals surface area contributed by atoms with Crippen molar-refractivity contribution < 1.29 is 23.7 Å². The van der Waals surface area contributed by atoms with Crippen LogP contribution in [0, 0.1) is 0 Å². The number of aromatic nitrogens is 1. The Kier molecular flexibility index (Phi) is 10.1. The third kappa shape index (κ3) is 7.07. The number of amides is 1. The second kappa shape index (κ2) is 14.6. The molecule has 1 amide bonds. The number of benzene rings is 4. The number of halogens is 2. The van der Waals surface area contributed by atoms with Crippen LogP contribution in [0.4, 0.5) is 5.69 Å². The number of nitrogens with zero attached hydrogens (tertiary/aromatic N) is 2. The number of thiazole rings is 1. The molecular weight excluding hydrogens is 685 g/mol. The maximum Gasteiger partial charge on any atom is 0.271 e. The molecule has 0 unspecified atom stereocenters. The molecule has 0 saturated heterocycles. The summed E-state index contributed by atoms with van der Waals surface area (Å²) in [5.41, 5.74) is 3.25. The van der Waals surface area contributed by atoms with E-state index in [1.165, 1.54) is 18.4 Å². The van der Waals surface area contributed by atoms with Crippen LogP contribution in [0.1, 0.15) is 29.7 Å². The Morgan fingerprint density at radius 2 is 1.67 bits per heavy atom. The zero-order valence-electron chi connectivity index (χ0n) is 27.0. The van der Waals surface area contributed by atoms with E-state index in [9.17, 15) is 9.59 Å². The van der Waals surface area contributed by atoms with Gasteiger partial charge in [0, 0.05) is 17.3 Å². The predicted octanol–water partition coefficient (Wildman–Crippen LogP) is 6.79. The average molecular weight is 717 g/mol. The van der Waals surface area contributed by atoms with Crippen LogP contribution in [0.3, 0.4) is 0 Å². The second-order valence-electron chi connectivity index (χ2n) is 11.0. The third-order valence-electron chi connectivity index (χ3n) is 7.90. The lowest BCUT2D eigenvalue weighted by Gasteiger charge is -2.26. The minimum Gasteiger partial charge on any atom is -0.497 e. The first-order chi connectivity index (χ1) is 23.7. The Bertz CT molecular complexity index is 2270. The first-order valence-corrected chi connectivity index (χ1v) is 16.6. The summed E-state index contributed by atoms with van der Waals surface area (Å²) in [5, 5.41) is 3.87. The Labute approximate surface area is 296 Å². The van der Waals surface area contributed by atoms with Crippen molar-refractivity contribution >= 4 is 52.2 Å². The van der Waals surface area contributed by atoms with Gasteiger partial charge in [-0.15, -0.1) is 0 Å². The number of anilines is 1. The van der Waals surface area contributed by atoms with Crippen LogP contribution >= 0.6 is 34.5 Å². The number of nitrogens with one attached hydrogen (secondary N) is 1. The summed E-state index contributed by atoms with van der Waals surface area (Å²) in [6.07, 6.45) is 1.76. The quantitative estimate of drug-likeness (QED) is 0.171. The predicted molar refractivity (Wildman–Crippen MR) is 192 cm³/mol. The molecule has 5 aromatic rings. The van der Waals surface area contributed by atoms with Gasteiger partial charge < -0.3 is 24.3 Å². The van der Waals surface area contributed by atoms with E-state index in [2.05, 4.69) is 5.32 Å². The molecule has 12 heteroatoms. The lowest BCUT2D eigenvalue weighted by atomic mass is 9.94. The topological polar surface area (TPSA) is 100 Å². The maximum atomic E-state index is 14.3. The molecule has 1 aliphatic rings. The van der Waals surface area contributed by atoms with Crippen LogP contribution in [-0.4, -0.2) is 31.8 Å². The van der Waals surface area contributed by atoms with Crippen molar-refractivity contribution in [2.45, 2.75) is 19.6 Å². The molecule has 0 saturated carbocycles. The van der Waals surface area contributed by atoms with E-state index < -0.39 is 6.04 Å². The summed E-state index contributed by atoms with van der Waals surface area (Å²) in [6, 6.07) is 24.3.